The predicted molar refractivity (Wildman–Crippen MR) is 49.2 cm³/mol. The monoisotopic (exact) mass is 192 g/mol. The van der Waals surface area contributed by atoms with Gasteiger partial charge in [-0.3, -0.25) is 5.10 Å². The van der Waals surface area contributed by atoms with Gasteiger partial charge < -0.3 is 9.84 Å². The van der Waals surface area contributed by atoms with E-state index in [9.17, 15) is 4.79 Å². The first-order chi connectivity index (χ1) is 6.75. The van der Waals surface area contributed by atoms with Gasteiger partial charge in [0.2, 0.25) is 0 Å². The topological polar surface area (TPSA) is 75.2 Å². The van der Waals surface area contributed by atoms with E-state index < -0.39 is 5.97 Å². The summed E-state index contributed by atoms with van der Waals surface area (Å²) >= 11 is 0. The summed E-state index contributed by atoms with van der Waals surface area (Å²) in [6.07, 6.45) is 1.66. The summed E-state index contributed by atoms with van der Waals surface area (Å²) in [5.41, 5.74) is 0.896. The van der Waals surface area contributed by atoms with Crippen molar-refractivity contribution in [3.05, 3.63) is 24.4 Å². The molecule has 2 aromatic rings. The van der Waals surface area contributed by atoms with E-state index in [-0.39, 0.29) is 6.61 Å². The van der Waals surface area contributed by atoms with Gasteiger partial charge in [0.05, 0.1) is 11.7 Å². The quantitative estimate of drug-likeness (QED) is 0.761. The smallest absolute Gasteiger partial charge is 0.341 e. The SMILES string of the molecule is O=C(O)COc1ccc2[nH]ncc2c1. The summed E-state index contributed by atoms with van der Waals surface area (Å²) in [5.74, 6) is -0.460. The second-order valence-electron chi connectivity index (χ2n) is 2.80. The average molecular weight is 192 g/mol. The molecule has 0 saturated carbocycles. The van der Waals surface area contributed by atoms with Gasteiger partial charge in [-0.05, 0) is 18.2 Å². The summed E-state index contributed by atoms with van der Waals surface area (Å²) in [6, 6.07) is 5.23. The number of fused-ring (bicyclic) bond motifs is 1. The molecule has 2 N–H and O–H groups in total. The molecular weight excluding hydrogens is 184 g/mol. The lowest BCUT2D eigenvalue weighted by molar-refractivity contribution is -0.139. The van der Waals surface area contributed by atoms with E-state index in [0.29, 0.717) is 5.75 Å². The Morgan fingerprint density at radius 3 is 3.21 bits per heavy atom. The van der Waals surface area contributed by atoms with Crippen LogP contribution < -0.4 is 4.74 Å². The molecule has 0 radical (unpaired) electrons. The molecule has 0 atom stereocenters. The van der Waals surface area contributed by atoms with Crippen LogP contribution in [-0.2, 0) is 4.79 Å². The van der Waals surface area contributed by atoms with Crippen molar-refractivity contribution in [3.63, 3.8) is 0 Å². The Hall–Kier alpha value is -2.04. The van der Waals surface area contributed by atoms with E-state index >= 15 is 0 Å². The summed E-state index contributed by atoms with van der Waals surface area (Å²) in [4.78, 5) is 10.2. The van der Waals surface area contributed by atoms with Crippen LogP contribution >= 0.6 is 0 Å². The Bertz CT molecular complexity index is 464. The van der Waals surface area contributed by atoms with Crippen LogP contribution in [-0.4, -0.2) is 27.9 Å². The fraction of sp³-hybridized carbons (Fsp3) is 0.111. The maximum atomic E-state index is 10.2. The Labute approximate surface area is 79.3 Å². The van der Waals surface area contributed by atoms with E-state index in [4.69, 9.17) is 9.84 Å². The number of ether oxygens (including phenoxy) is 1. The maximum Gasteiger partial charge on any atom is 0.341 e. The number of H-pyrrole nitrogens is 1. The van der Waals surface area contributed by atoms with E-state index in [1.807, 2.05) is 0 Å². The number of carboxylic acids is 1. The van der Waals surface area contributed by atoms with Crippen LogP contribution in [0.3, 0.4) is 0 Å². The molecule has 0 saturated heterocycles. The van der Waals surface area contributed by atoms with Crippen molar-refractivity contribution in [2.45, 2.75) is 0 Å². The highest BCUT2D eigenvalue weighted by atomic mass is 16.5. The lowest BCUT2D eigenvalue weighted by Crippen LogP contribution is -2.09. The fourth-order valence-corrected chi connectivity index (χ4v) is 1.16. The van der Waals surface area contributed by atoms with Gasteiger partial charge in [0, 0.05) is 5.39 Å². The van der Waals surface area contributed by atoms with Crippen molar-refractivity contribution >= 4 is 16.9 Å². The zero-order valence-corrected chi connectivity index (χ0v) is 7.23. The highest BCUT2D eigenvalue weighted by molar-refractivity contribution is 5.79. The fourth-order valence-electron chi connectivity index (χ4n) is 1.16. The Morgan fingerprint density at radius 1 is 1.57 bits per heavy atom. The molecule has 0 aliphatic rings. The van der Waals surface area contributed by atoms with Gasteiger partial charge >= 0.3 is 5.97 Å². The van der Waals surface area contributed by atoms with Crippen molar-refractivity contribution in [1.82, 2.24) is 10.2 Å². The first-order valence-corrected chi connectivity index (χ1v) is 4.03. The van der Waals surface area contributed by atoms with Crippen molar-refractivity contribution in [2.24, 2.45) is 0 Å². The first-order valence-electron chi connectivity index (χ1n) is 4.03. The Morgan fingerprint density at radius 2 is 2.43 bits per heavy atom. The Balaban J connectivity index is 2.21. The lowest BCUT2D eigenvalue weighted by Gasteiger charge is -2.01. The minimum absolute atomic E-state index is 0.330. The van der Waals surface area contributed by atoms with Gasteiger partial charge in [-0.25, -0.2) is 4.79 Å². The van der Waals surface area contributed by atoms with Gasteiger partial charge in [0.15, 0.2) is 6.61 Å². The summed E-state index contributed by atoms with van der Waals surface area (Å²) < 4.78 is 5.00. The normalized spacial score (nSPS) is 10.3. The van der Waals surface area contributed by atoms with E-state index in [0.717, 1.165) is 10.9 Å². The molecule has 0 bridgehead atoms. The van der Waals surface area contributed by atoms with Crippen LogP contribution in [0.25, 0.3) is 10.9 Å². The minimum atomic E-state index is -0.989. The van der Waals surface area contributed by atoms with Gasteiger partial charge in [-0.15, -0.1) is 0 Å². The predicted octanol–water partition coefficient (Wildman–Crippen LogP) is 1.03. The standard InChI is InChI=1S/C9H8N2O3/c12-9(13)5-14-7-1-2-8-6(3-7)4-10-11-8/h1-4H,5H2,(H,10,11)(H,12,13). The highest BCUT2D eigenvalue weighted by Crippen LogP contribution is 2.18. The second kappa shape index (κ2) is 3.37. The van der Waals surface area contributed by atoms with Gasteiger partial charge in [0.1, 0.15) is 5.75 Å². The zero-order valence-electron chi connectivity index (χ0n) is 7.23. The number of aromatic amines is 1. The van der Waals surface area contributed by atoms with Crippen molar-refractivity contribution in [2.75, 3.05) is 6.61 Å². The van der Waals surface area contributed by atoms with Crippen molar-refractivity contribution in [3.8, 4) is 5.75 Å². The van der Waals surface area contributed by atoms with E-state index in [2.05, 4.69) is 10.2 Å². The van der Waals surface area contributed by atoms with Crippen LogP contribution in [0.4, 0.5) is 0 Å². The summed E-state index contributed by atoms with van der Waals surface area (Å²) in [7, 11) is 0. The molecule has 0 spiro atoms. The Kier molecular flexibility index (Phi) is 2.06. The van der Waals surface area contributed by atoms with E-state index in [1.165, 1.54) is 0 Å². The van der Waals surface area contributed by atoms with E-state index in [1.54, 1.807) is 24.4 Å². The zero-order chi connectivity index (χ0) is 9.97. The molecule has 5 nitrogen and oxygen atoms in total. The molecule has 14 heavy (non-hydrogen) atoms. The third kappa shape index (κ3) is 1.66. The number of hydrogen-bond donors (Lipinski definition) is 2. The second-order valence-corrected chi connectivity index (χ2v) is 2.80. The summed E-state index contributed by atoms with van der Waals surface area (Å²) in [6.45, 7) is -0.330. The first kappa shape index (κ1) is 8.55. The number of aromatic nitrogens is 2. The minimum Gasteiger partial charge on any atom is -0.482 e. The number of aliphatic carboxylic acids is 1. The third-order valence-corrected chi connectivity index (χ3v) is 1.77. The van der Waals surface area contributed by atoms with Gasteiger partial charge in [-0.1, -0.05) is 0 Å². The van der Waals surface area contributed by atoms with Gasteiger partial charge in [0.25, 0.3) is 0 Å². The van der Waals surface area contributed by atoms with Crippen LogP contribution in [0.5, 0.6) is 5.75 Å². The van der Waals surface area contributed by atoms with Crippen molar-refractivity contribution < 1.29 is 14.6 Å². The molecule has 0 aliphatic heterocycles. The number of carbonyl (C=O) groups is 1. The van der Waals surface area contributed by atoms with Crippen LogP contribution in [0.1, 0.15) is 0 Å². The van der Waals surface area contributed by atoms with Crippen LogP contribution in [0.2, 0.25) is 0 Å². The molecule has 0 fully saturated rings. The molecule has 0 unspecified atom stereocenters. The maximum absolute atomic E-state index is 10.2. The van der Waals surface area contributed by atoms with Crippen LogP contribution in [0, 0.1) is 0 Å². The molecule has 1 aromatic carbocycles. The molecule has 2 rings (SSSR count). The number of benzene rings is 1. The molecular formula is C9H8N2O3. The number of nitrogens with zero attached hydrogens (tertiary/aromatic N) is 1. The molecule has 1 aromatic heterocycles. The summed E-state index contributed by atoms with van der Waals surface area (Å²) in [5, 5.41) is 15.9. The molecule has 0 amide bonds. The largest absolute Gasteiger partial charge is 0.482 e. The molecule has 5 heteroatoms. The number of hydrogen-bond acceptors (Lipinski definition) is 3. The van der Waals surface area contributed by atoms with Gasteiger partial charge in [-0.2, -0.15) is 5.10 Å². The number of carboxylic acid groups (broad SMARTS) is 1. The average Bonchev–Trinajstić information content (AvgIpc) is 2.61. The number of rotatable bonds is 3. The van der Waals surface area contributed by atoms with Crippen LogP contribution in [0.15, 0.2) is 24.4 Å². The van der Waals surface area contributed by atoms with Crippen molar-refractivity contribution in [1.29, 1.82) is 0 Å². The third-order valence-electron chi connectivity index (χ3n) is 1.77. The molecule has 0 aliphatic carbocycles. The molecule has 1 heterocycles. The lowest BCUT2D eigenvalue weighted by atomic mass is 10.2. The highest BCUT2D eigenvalue weighted by Gasteiger charge is 2.01. The molecule has 72 valence electrons. The number of nitrogens with one attached hydrogen (secondary N) is 1.